The summed E-state index contributed by atoms with van der Waals surface area (Å²) in [4.78, 5) is 286. The van der Waals surface area contributed by atoms with Gasteiger partial charge in [0, 0.05) is 147 Å². The third-order valence-corrected chi connectivity index (χ3v) is 27.3. The molecule has 15 atom stereocenters. The highest BCUT2D eigenvalue weighted by Crippen LogP contribution is 2.57. The molecule has 696 valence electrons. The zero-order chi connectivity index (χ0) is 93.3. The molecule has 44 heteroatoms. The number of benzene rings is 2. The van der Waals surface area contributed by atoms with Crippen molar-refractivity contribution in [3.05, 3.63) is 72.1 Å². The lowest BCUT2D eigenvalue weighted by Gasteiger charge is -2.32. The molecule has 2 spiro atoms. The molecule has 128 heavy (non-hydrogen) atoms. The Kier molecular flexibility index (Phi) is 34.0. The smallest absolute Gasteiger partial charge is 0.305 e. The number of carbonyl (C=O) groups excluding carboxylic acids is 18. The number of aromatic amines is 2. The fraction of sp³-hybridized carbons (Fsp3) is 0.583. The molecule has 8 saturated heterocycles. The van der Waals surface area contributed by atoms with Gasteiger partial charge in [0.25, 0.3) is 0 Å². The summed E-state index contributed by atoms with van der Waals surface area (Å²) in [6.45, 7) is 8.98. The lowest BCUT2D eigenvalue weighted by Crippen LogP contribution is -2.61. The third kappa shape index (κ3) is 24.5. The van der Waals surface area contributed by atoms with Gasteiger partial charge in [-0.3, -0.25) is 91.1 Å². The number of nitrogens with zero attached hydrogens (tertiary/aromatic N) is 5. The number of aromatic nitrogens is 2. The predicted molar refractivity (Wildman–Crippen MR) is 471 cm³/mol. The lowest BCUT2D eigenvalue weighted by atomic mass is 9.71. The maximum absolute atomic E-state index is 15.5. The minimum Gasteiger partial charge on any atom is -0.481 e. The first-order chi connectivity index (χ1) is 60.7. The first kappa shape index (κ1) is 98.8. The van der Waals surface area contributed by atoms with Gasteiger partial charge in [0.2, 0.25) is 100 Å². The number of nitrogens with two attached hydrogens (primary N) is 2. The van der Waals surface area contributed by atoms with Crippen molar-refractivity contribution in [2.75, 3.05) is 107 Å². The highest BCUT2D eigenvalue weighted by atomic mass is 32.2. The first-order valence-electron chi connectivity index (χ1n) is 42.7. The number of amides is 17. The van der Waals surface area contributed by atoms with Crippen molar-refractivity contribution in [1.29, 1.82) is 0 Å². The number of para-hydroxylation sites is 2. The zero-order valence-electron chi connectivity index (χ0n) is 72.7. The Hall–Kier alpha value is -11.4. The molecule has 41 nitrogen and oxygen atoms in total. The Morgan fingerprint density at radius 1 is 0.562 bits per heavy atom. The van der Waals surface area contributed by atoms with E-state index in [1.165, 1.54) is 46.6 Å². The van der Waals surface area contributed by atoms with Gasteiger partial charge < -0.3 is 115 Å². The van der Waals surface area contributed by atoms with Crippen LogP contribution in [0.1, 0.15) is 98.1 Å². The molecule has 0 saturated carbocycles. The Bertz CT molecular complexity index is 4870. The van der Waals surface area contributed by atoms with Crippen molar-refractivity contribution in [1.82, 2.24) is 93.0 Å². The molecule has 17 amide bonds. The number of aliphatic hydroxyl groups is 1. The van der Waals surface area contributed by atoms with E-state index in [0.29, 0.717) is 39.4 Å². The van der Waals surface area contributed by atoms with E-state index in [-0.39, 0.29) is 113 Å². The number of hydrogen-bond donors (Lipinski definition) is 17. The Balaban J connectivity index is 0.997. The minimum atomic E-state index is -1.95. The second kappa shape index (κ2) is 44.1. The van der Waals surface area contributed by atoms with Crippen LogP contribution in [0.15, 0.2) is 60.9 Å². The van der Waals surface area contributed by atoms with Gasteiger partial charge in [-0.1, -0.05) is 71.0 Å². The third-order valence-electron chi connectivity index (χ3n) is 24.2. The van der Waals surface area contributed by atoms with Crippen LogP contribution in [0.5, 0.6) is 0 Å². The first-order valence-corrected chi connectivity index (χ1v) is 46.1. The number of Topliss-reactive ketones (excluding diaryl/α,β-unsaturated/α-hetero) is 1. The van der Waals surface area contributed by atoms with Crippen molar-refractivity contribution in [2.24, 2.45) is 40.1 Å². The van der Waals surface area contributed by atoms with Crippen molar-refractivity contribution >= 4 is 169 Å². The molecule has 12 rings (SSSR count). The van der Waals surface area contributed by atoms with E-state index in [1.54, 1.807) is 89.5 Å². The molecule has 6 bridgehead atoms. The van der Waals surface area contributed by atoms with Crippen LogP contribution in [0, 0.1) is 28.6 Å². The predicted octanol–water partition coefficient (Wildman–Crippen LogP) is -4.42. The Morgan fingerprint density at radius 3 is 1.58 bits per heavy atom. The number of nitrogens with one attached hydrogen (secondary N) is 13. The number of thioether (sulfide) groups is 3. The molecule has 8 aliphatic heterocycles. The largest absolute Gasteiger partial charge is 0.481 e. The average molecular weight is 1840 g/mol. The second-order valence-corrected chi connectivity index (χ2v) is 37.4. The van der Waals surface area contributed by atoms with Crippen LogP contribution in [0.2, 0.25) is 0 Å². The number of primary amides is 1. The topological polar surface area (TPSA) is 597 Å². The van der Waals surface area contributed by atoms with Crippen LogP contribution < -0.4 is 70.0 Å². The van der Waals surface area contributed by atoms with Gasteiger partial charge in [-0.2, -0.15) is 11.8 Å². The fourth-order valence-corrected chi connectivity index (χ4v) is 20.0. The van der Waals surface area contributed by atoms with Gasteiger partial charge in [0.1, 0.15) is 60.4 Å². The van der Waals surface area contributed by atoms with Gasteiger partial charge in [-0.15, -0.1) is 23.5 Å². The minimum absolute atomic E-state index is 0.000698. The van der Waals surface area contributed by atoms with Crippen LogP contribution >= 0.6 is 35.3 Å². The van der Waals surface area contributed by atoms with Crippen LogP contribution in [0.3, 0.4) is 0 Å². The molecule has 2 aromatic carbocycles. The van der Waals surface area contributed by atoms with Crippen molar-refractivity contribution in [3.8, 4) is 0 Å². The number of rotatable bonds is 19. The quantitative estimate of drug-likeness (QED) is 0.0394. The summed E-state index contributed by atoms with van der Waals surface area (Å²) in [7, 11) is 1.37. The molecular weight excluding hydrogens is 1720 g/mol. The number of carbonyl (C=O) groups is 19. The van der Waals surface area contributed by atoms with Crippen LogP contribution in [-0.2, 0) is 104 Å². The number of hydrogen-bond acceptors (Lipinski definition) is 24. The number of likely N-dealkylation sites (N-methyl/N-ethyl adjacent to an activating group) is 1. The number of aliphatic hydroxyl groups excluding tert-OH is 1. The highest BCUT2D eigenvalue weighted by molar-refractivity contribution is 8.00. The fourth-order valence-electron chi connectivity index (χ4n) is 17.1. The molecule has 2 aromatic heterocycles. The second-order valence-electron chi connectivity index (χ2n) is 34.4. The van der Waals surface area contributed by atoms with Crippen molar-refractivity contribution < 1.29 is 101 Å². The number of aliphatic carboxylic acids is 1. The molecular formula is C84H116N20O21S3. The van der Waals surface area contributed by atoms with E-state index >= 15 is 9.59 Å². The Morgan fingerprint density at radius 2 is 1.05 bits per heavy atom. The van der Waals surface area contributed by atoms with Crippen LogP contribution in [-0.4, -0.2) is 336 Å². The zero-order valence-corrected chi connectivity index (χ0v) is 75.1. The molecule has 1 unspecified atom stereocenters. The monoisotopic (exact) mass is 1840 g/mol. The summed E-state index contributed by atoms with van der Waals surface area (Å²) in [5.41, 5.74) is 11.7. The van der Waals surface area contributed by atoms with Gasteiger partial charge >= 0.3 is 5.97 Å². The summed E-state index contributed by atoms with van der Waals surface area (Å²) < 4.78 is 0. The molecule has 0 radical (unpaired) electrons. The molecule has 19 N–H and O–H groups in total. The molecule has 8 aliphatic rings. The summed E-state index contributed by atoms with van der Waals surface area (Å²) in [6, 6.07) is -3.02. The van der Waals surface area contributed by atoms with Crippen LogP contribution in [0.25, 0.3) is 21.8 Å². The molecule has 4 aromatic rings. The summed E-state index contributed by atoms with van der Waals surface area (Å²) >= 11 is 2.84. The number of carboxylic acids is 1. The number of H-pyrrole nitrogens is 2. The molecule has 0 aliphatic carbocycles. The van der Waals surface area contributed by atoms with E-state index in [4.69, 9.17) is 11.5 Å². The highest BCUT2D eigenvalue weighted by Gasteiger charge is 2.69. The summed E-state index contributed by atoms with van der Waals surface area (Å²) in [6.07, 6.45) is -0.552. The number of carboxylic acid groups (broad SMARTS) is 1. The molecule has 10 heterocycles. The van der Waals surface area contributed by atoms with Gasteiger partial charge in [0.15, 0.2) is 5.78 Å². The normalized spacial score (nSPS) is 27.2. The van der Waals surface area contributed by atoms with E-state index in [1.807, 2.05) is 0 Å². The van der Waals surface area contributed by atoms with Crippen molar-refractivity contribution in [2.45, 2.75) is 172 Å². The maximum Gasteiger partial charge on any atom is 0.305 e. The average Bonchev–Trinajstić information content (AvgIpc) is 1.52. The van der Waals surface area contributed by atoms with Gasteiger partial charge in [-0.25, -0.2) is 0 Å². The van der Waals surface area contributed by atoms with E-state index < -0.39 is 245 Å². The lowest BCUT2D eigenvalue weighted by molar-refractivity contribution is -0.143. The number of ketones is 1. The van der Waals surface area contributed by atoms with E-state index in [0.717, 1.165) is 40.2 Å². The van der Waals surface area contributed by atoms with Gasteiger partial charge in [-0.05, 0) is 68.2 Å². The van der Waals surface area contributed by atoms with Crippen molar-refractivity contribution in [3.63, 3.8) is 0 Å². The molecule has 8 fully saturated rings. The van der Waals surface area contributed by atoms with E-state index in [9.17, 15) is 91.7 Å². The standard InChI is InChI=1S/C84H116N20O21S3/c1-9-52-75(118)96-59-33-128-36-67(112)103-41-83-37-101(65(110)34-126-31-49(73(116)99-71(46(7)105)81(124)92-52)25-61(106)45(6)90-63(108)30-100(8)64(109)20-21-85)38-84(83,42-103)40-102(39-83)66(111)35-127-32-58(72(86)115)95-79(122)60-19-14-22-104(60)82(125)70(44(4)5)98-76(119)55(23-47-27-87-53-17-12-10-15-50(47)53)91-62(107)29-89-74(117)57(26-68(113)114)94-80(123)69(43(2)3)97-77(120)56(93-78(59)121)24-48-28-88-54-18-13-11-16-51(48)54/h10-13,15-18,27-28,43-46,49,52,55-60,69-71,87-88,105H,9,14,19-26,29-42,85H2,1-8H3,(H2,86,115)(H,89,117)(H,90,108)(H,91,107)(H,92,124)(H,93,121)(H,94,123)(H,95,122)(H,96,118)(H,97,120)(H,98,119)(H,99,116)(H,113,114)/t45-,46+,49-,52-,55-,56-,57-,58-,59-,60-,69-,70-,71-,83-,84?/m0/s1. The SMILES string of the molecule is CC[C@@H]1NC(=O)[C@H]([C@@H](C)O)NC(=O)[C@@H](CC(=O)[C@H](C)NC(=O)CN(C)C(=O)CCN)CSCC(=O)N2CC34CN5C[C@@]3(C2)CN(C4)C(=O)CSC[C@H](NC1=O)C(=O)N[C@@H](Cc1c[nH]c2ccccc12)C(=O)N[C@@H](C(C)C)C(=O)N[C@@H](CC(=O)O)C(=O)NCC(=O)N[C@@H](Cc1c[nH]c2ccccc12)C(=O)N[C@@H](C(C)C)C(=O)N1CCC[C@H]1C(=O)N[C@H](C(N)=O)CSCC5=O. The summed E-state index contributed by atoms with van der Waals surface area (Å²) in [5, 5.41) is 51.2. The summed E-state index contributed by atoms with van der Waals surface area (Å²) in [5.74, 6) is -21.3. The van der Waals surface area contributed by atoms with Gasteiger partial charge in [0.05, 0.1) is 54.8 Å². The Labute approximate surface area is 751 Å². The number of fused-ring (bicyclic) bond motifs is 38. The van der Waals surface area contributed by atoms with E-state index in [2.05, 4.69) is 68.5 Å². The van der Waals surface area contributed by atoms with Crippen LogP contribution in [0.4, 0.5) is 0 Å². The maximum atomic E-state index is 15.5.